The van der Waals surface area contributed by atoms with Gasteiger partial charge in [0.15, 0.2) is 0 Å². The van der Waals surface area contributed by atoms with Crippen molar-refractivity contribution in [3.63, 3.8) is 0 Å². The highest BCUT2D eigenvalue weighted by Gasteiger charge is 2.70. The summed E-state index contributed by atoms with van der Waals surface area (Å²) in [6.45, 7) is 7.31. The van der Waals surface area contributed by atoms with Crippen molar-refractivity contribution in [1.29, 1.82) is 5.26 Å². The van der Waals surface area contributed by atoms with E-state index in [1.165, 1.54) is 0 Å². The van der Waals surface area contributed by atoms with Crippen LogP contribution in [-0.4, -0.2) is 29.7 Å². The lowest BCUT2D eigenvalue weighted by molar-refractivity contribution is -0.106. The summed E-state index contributed by atoms with van der Waals surface area (Å²) in [4.78, 5) is 13.6. The van der Waals surface area contributed by atoms with Crippen LogP contribution in [0.25, 0.3) is 0 Å². The van der Waals surface area contributed by atoms with Crippen LogP contribution < -0.4 is 0 Å². The van der Waals surface area contributed by atoms with E-state index in [4.69, 9.17) is 10.00 Å². The first-order chi connectivity index (χ1) is 8.28. The first-order valence-electron chi connectivity index (χ1n) is 6.65. The number of hydrogen-bond acceptors (Lipinski definition) is 3. The second kappa shape index (κ2) is 3.20. The fraction of sp³-hybridized carbons (Fsp3) is 0.857. The highest BCUT2D eigenvalue weighted by Crippen LogP contribution is 2.73. The van der Waals surface area contributed by atoms with Gasteiger partial charge in [-0.15, -0.1) is 0 Å². The lowest BCUT2D eigenvalue weighted by atomic mass is 9.55. The summed E-state index contributed by atoms with van der Waals surface area (Å²) in [5, 5.41) is 8.90. The fourth-order valence-corrected chi connectivity index (χ4v) is 3.81. The van der Waals surface area contributed by atoms with E-state index < -0.39 is 5.60 Å². The second-order valence-corrected chi connectivity index (χ2v) is 7.44. The predicted octanol–water partition coefficient (Wildman–Crippen LogP) is 2.55. The molecule has 2 aliphatic carbocycles. The zero-order valence-electron chi connectivity index (χ0n) is 11.3. The standard InChI is InChI=1S/C14H20N2O2/c1-12(2,3)18-11(17)16-8-13(9-16)6-14(7-13)4-10(14)5-15/h10H,4,6-9H2,1-3H3. The average Bonchev–Trinajstić information content (AvgIpc) is 2.81. The number of hydrogen-bond donors (Lipinski definition) is 0. The molecule has 1 amide bonds. The zero-order valence-corrected chi connectivity index (χ0v) is 11.3. The lowest BCUT2D eigenvalue weighted by Gasteiger charge is -2.59. The number of nitrogens with zero attached hydrogens (tertiary/aromatic N) is 2. The summed E-state index contributed by atoms with van der Waals surface area (Å²) in [7, 11) is 0. The third-order valence-electron chi connectivity index (χ3n) is 4.50. The molecule has 0 aromatic heterocycles. The van der Waals surface area contributed by atoms with Crippen LogP contribution in [0.1, 0.15) is 40.0 Å². The summed E-state index contributed by atoms with van der Waals surface area (Å²) >= 11 is 0. The summed E-state index contributed by atoms with van der Waals surface area (Å²) in [5.74, 6) is 0.290. The van der Waals surface area contributed by atoms with Gasteiger partial charge in [-0.3, -0.25) is 0 Å². The Bertz CT molecular complexity index is 430. The molecule has 4 nitrogen and oxygen atoms in total. The Morgan fingerprint density at radius 2 is 2.00 bits per heavy atom. The van der Waals surface area contributed by atoms with Gasteiger partial charge in [0.1, 0.15) is 5.60 Å². The molecular formula is C14H20N2O2. The first kappa shape index (κ1) is 11.8. The number of likely N-dealkylation sites (tertiary alicyclic amines) is 1. The van der Waals surface area contributed by atoms with E-state index in [9.17, 15) is 4.79 Å². The molecule has 1 saturated heterocycles. The van der Waals surface area contributed by atoms with Gasteiger partial charge in [0.2, 0.25) is 0 Å². The summed E-state index contributed by atoms with van der Waals surface area (Å²) in [6, 6.07) is 2.38. The van der Waals surface area contributed by atoms with Gasteiger partial charge in [-0.25, -0.2) is 4.79 Å². The molecule has 0 bridgehead atoms. The molecule has 3 rings (SSSR count). The largest absolute Gasteiger partial charge is 0.444 e. The molecule has 1 atom stereocenters. The van der Waals surface area contributed by atoms with Crippen LogP contribution >= 0.6 is 0 Å². The number of nitriles is 1. The van der Waals surface area contributed by atoms with Crippen LogP contribution in [0.5, 0.6) is 0 Å². The van der Waals surface area contributed by atoms with Crippen molar-refractivity contribution in [2.45, 2.75) is 45.6 Å². The highest BCUT2D eigenvalue weighted by atomic mass is 16.6. The van der Waals surface area contributed by atoms with E-state index in [1.54, 1.807) is 4.90 Å². The minimum atomic E-state index is -0.414. The van der Waals surface area contributed by atoms with Crippen LogP contribution in [0.3, 0.4) is 0 Å². The van der Waals surface area contributed by atoms with Crippen molar-refractivity contribution in [3.05, 3.63) is 0 Å². The van der Waals surface area contributed by atoms with Gasteiger partial charge >= 0.3 is 6.09 Å². The molecule has 18 heavy (non-hydrogen) atoms. The third-order valence-corrected chi connectivity index (χ3v) is 4.50. The number of rotatable bonds is 0. The van der Waals surface area contributed by atoms with E-state index in [0.717, 1.165) is 32.4 Å². The van der Waals surface area contributed by atoms with E-state index in [1.807, 2.05) is 20.8 Å². The quantitative estimate of drug-likeness (QED) is 0.662. The molecular weight excluding hydrogens is 228 g/mol. The second-order valence-electron chi connectivity index (χ2n) is 7.44. The number of carbonyl (C=O) groups excluding carboxylic acids is 1. The van der Waals surface area contributed by atoms with Crippen molar-refractivity contribution in [3.8, 4) is 6.07 Å². The molecule has 0 N–H and O–H groups in total. The van der Waals surface area contributed by atoms with Crippen molar-refractivity contribution in [2.24, 2.45) is 16.7 Å². The number of ether oxygens (including phenoxy) is 1. The SMILES string of the molecule is CC(C)(C)OC(=O)N1CC2(C1)CC1(CC1C#N)C2. The molecule has 1 heterocycles. The maximum Gasteiger partial charge on any atom is 0.410 e. The summed E-state index contributed by atoms with van der Waals surface area (Å²) in [6.07, 6.45) is 3.16. The summed E-state index contributed by atoms with van der Waals surface area (Å²) in [5.41, 5.74) is 0.250. The Balaban J connectivity index is 1.48. The molecule has 1 aliphatic heterocycles. The zero-order chi connectivity index (χ0) is 13.2. The first-order valence-corrected chi connectivity index (χ1v) is 6.65. The molecule has 4 heteroatoms. The van der Waals surface area contributed by atoms with Crippen molar-refractivity contribution in [1.82, 2.24) is 4.90 Å². The van der Waals surface area contributed by atoms with E-state index >= 15 is 0 Å². The predicted molar refractivity (Wildman–Crippen MR) is 65.6 cm³/mol. The Hall–Kier alpha value is -1.24. The van der Waals surface area contributed by atoms with Crippen molar-refractivity contribution < 1.29 is 9.53 Å². The van der Waals surface area contributed by atoms with Crippen LogP contribution in [0.4, 0.5) is 4.79 Å². The monoisotopic (exact) mass is 248 g/mol. The van der Waals surface area contributed by atoms with Gasteiger partial charge in [-0.2, -0.15) is 5.26 Å². The smallest absolute Gasteiger partial charge is 0.410 e. The number of amides is 1. The van der Waals surface area contributed by atoms with Gasteiger partial charge in [0.25, 0.3) is 0 Å². The molecule has 98 valence electrons. The molecule has 3 fully saturated rings. The summed E-state index contributed by atoms with van der Waals surface area (Å²) < 4.78 is 5.35. The van der Waals surface area contributed by atoms with Crippen LogP contribution in [-0.2, 0) is 4.74 Å². The fourth-order valence-electron chi connectivity index (χ4n) is 3.81. The lowest BCUT2D eigenvalue weighted by Crippen LogP contribution is -2.65. The van der Waals surface area contributed by atoms with Gasteiger partial charge < -0.3 is 9.64 Å². The Kier molecular flexibility index (Phi) is 2.10. The molecule has 0 radical (unpaired) electrons. The number of carbonyl (C=O) groups is 1. The van der Waals surface area contributed by atoms with Gasteiger partial charge in [-0.1, -0.05) is 0 Å². The Labute approximate surface area is 108 Å². The molecule has 2 saturated carbocycles. The van der Waals surface area contributed by atoms with Gasteiger partial charge in [-0.05, 0) is 45.4 Å². The van der Waals surface area contributed by atoms with Gasteiger partial charge in [0.05, 0.1) is 12.0 Å². The Morgan fingerprint density at radius 3 is 2.44 bits per heavy atom. The molecule has 3 aliphatic rings. The van der Waals surface area contributed by atoms with Gasteiger partial charge in [0, 0.05) is 18.5 Å². The minimum Gasteiger partial charge on any atom is -0.444 e. The van der Waals surface area contributed by atoms with Crippen LogP contribution in [0, 0.1) is 28.1 Å². The third kappa shape index (κ3) is 1.68. The maximum atomic E-state index is 11.8. The highest BCUT2D eigenvalue weighted by molar-refractivity contribution is 5.69. The van der Waals surface area contributed by atoms with E-state index in [-0.39, 0.29) is 6.09 Å². The van der Waals surface area contributed by atoms with Crippen LogP contribution in [0.15, 0.2) is 0 Å². The molecule has 2 spiro atoms. The maximum absolute atomic E-state index is 11.8. The van der Waals surface area contributed by atoms with E-state index in [0.29, 0.717) is 16.7 Å². The van der Waals surface area contributed by atoms with Crippen molar-refractivity contribution in [2.75, 3.05) is 13.1 Å². The average molecular weight is 248 g/mol. The van der Waals surface area contributed by atoms with Crippen LogP contribution in [0.2, 0.25) is 0 Å². The molecule has 0 aromatic rings. The minimum absolute atomic E-state index is 0.193. The topological polar surface area (TPSA) is 53.3 Å². The molecule has 1 unspecified atom stereocenters. The Morgan fingerprint density at radius 1 is 1.39 bits per heavy atom. The normalized spacial score (nSPS) is 30.3. The molecule has 0 aromatic carbocycles. The van der Waals surface area contributed by atoms with E-state index in [2.05, 4.69) is 6.07 Å². The van der Waals surface area contributed by atoms with Crippen molar-refractivity contribution >= 4 is 6.09 Å².